The van der Waals surface area contributed by atoms with Gasteiger partial charge in [-0.2, -0.15) is 0 Å². The van der Waals surface area contributed by atoms with Crippen LogP contribution in [0.15, 0.2) is 40.9 Å². The Morgan fingerprint density at radius 2 is 1.80 bits per heavy atom. The standard InChI is InChI=1S/C19H23BrFNO3/c1-19(2,3)25-18(23)22(9-11-24-10-8-21)17-7-5-14-12-16(20)6-4-15(14)13-17/h4-7,12-13H,8-11H2,1-3H3. The van der Waals surface area contributed by atoms with E-state index < -0.39 is 18.4 Å². The second kappa shape index (κ2) is 8.63. The maximum absolute atomic E-state index is 12.6. The number of carbonyl (C=O) groups excluding carboxylic acids is 1. The molecule has 136 valence electrons. The number of hydrogen-bond acceptors (Lipinski definition) is 3. The molecule has 1 amide bonds. The molecule has 0 saturated heterocycles. The van der Waals surface area contributed by atoms with Gasteiger partial charge in [0.1, 0.15) is 12.3 Å². The van der Waals surface area contributed by atoms with E-state index in [0.717, 1.165) is 15.2 Å². The van der Waals surface area contributed by atoms with Crippen LogP contribution in [-0.4, -0.2) is 38.1 Å². The molecule has 0 aliphatic heterocycles. The van der Waals surface area contributed by atoms with Crippen LogP contribution in [0.4, 0.5) is 14.9 Å². The van der Waals surface area contributed by atoms with Gasteiger partial charge >= 0.3 is 6.09 Å². The van der Waals surface area contributed by atoms with Gasteiger partial charge in [-0.3, -0.25) is 4.90 Å². The van der Waals surface area contributed by atoms with E-state index in [-0.39, 0.29) is 19.8 Å². The van der Waals surface area contributed by atoms with Crippen LogP contribution in [0.1, 0.15) is 20.8 Å². The molecule has 2 rings (SSSR count). The number of halogens is 2. The third-order valence-electron chi connectivity index (χ3n) is 3.39. The first-order chi connectivity index (χ1) is 11.8. The van der Waals surface area contributed by atoms with Gasteiger partial charge in [0.25, 0.3) is 0 Å². The molecule has 0 saturated carbocycles. The second-order valence-electron chi connectivity index (χ2n) is 6.61. The Bertz CT molecular complexity index is 730. The van der Waals surface area contributed by atoms with E-state index in [2.05, 4.69) is 15.9 Å². The van der Waals surface area contributed by atoms with Crippen molar-refractivity contribution >= 4 is 38.5 Å². The van der Waals surface area contributed by atoms with Crippen LogP contribution in [-0.2, 0) is 9.47 Å². The van der Waals surface area contributed by atoms with E-state index in [1.165, 1.54) is 4.90 Å². The van der Waals surface area contributed by atoms with E-state index >= 15 is 0 Å². The van der Waals surface area contributed by atoms with Crippen molar-refractivity contribution in [3.8, 4) is 0 Å². The first-order valence-corrected chi connectivity index (χ1v) is 8.93. The lowest BCUT2D eigenvalue weighted by atomic mass is 10.1. The summed E-state index contributed by atoms with van der Waals surface area (Å²) in [5.41, 5.74) is 0.115. The topological polar surface area (TPSA) is 38.8 Å². The molecule has 0 unspecified atom stereocenters. The number of alkyl halides is 1. The summed E-state index contributed by atoms with van der Waals surface area (Å²) in [4.78, 5) is 14.1. The van der Waals surface area contributed by atoms with Gasteiger partial charge < -0.3 is 9.47 Å². The predicted octanol–water partition coefficient (Wildman–Crippen LogP) is 5.33. The van der Waals surface area contributed by atoms with Crippen molar-refractivity contribution in [2.24, 2.45) is 0 Å². The quantitative estimate of drug-likeness (QED) is 0.602. The number of hydrogen-bond donors (Lipinski definition) is 0. The zero-order valence-corrected chi connectivity index (χ0v) is 16.3. The number of benzene rings is 2. The molecular formula is C19H23BrFNO3. The van der Waals surface area contributed by atoms with Gasteiger partial charge in [-0.05, 0) is 55.8 Å². The maximum atomic E-state index is 12.6. The van der Waals surface area contributed by atoms with Crippen molar-refractivity contribution in [1.82, 2.24) is 0 Å². The zero-order valence-electron chi connectivity index (χ0n) is 14.7. The molecule has 4 nitrogen and oxygen atoms in total. The number of nitrogens with zero attached hydrogens (tertiary/aromatic N) is 1. The molecule has 0 radical (unpaired) electrons. The van der Waals surface area contributed by atoms with Crippen LogP contribution in [0.25, 0.3) is 10.8 Å². The SMILES string of the molecule is CC(C)(C)OC(=O)N(CCOCCF)c1ccc2cc(Br)ccc2c1. The molecule has 2 aromatic carbocycles. The van der Waals surface area contributed by atoms with Gasteiger partial charge in [-0.1, -0.05) is 28.1 Å². The van der Waals surface area contributed by atoms with Crippen LogP contribution in [0, 0.1) is 0 Å². The van der Waals surface area contributed by atoms with Gasteiger partial charge in [0.15, 0.2) is 0 Å². The summed E-state index contributed by atoms with van der Waals surface area (Å²) in [5.74, 6) is 0. The number of anilines is 1. The van der Waals surface area contributed by atoms with Crippen molar-refractivity contribution in [2.45, 2.75) is 26.4 Å². The van der Waals surface area contributed by atoms with Crippen molar-refractivity contribution in [3.05, 3.63) is 40.9 Å². The van der Waals surface area contributed by atoms with Crippen LogP contribution < -0.4 is 4.90 Å². The molecule has 0 atom stereocenters. The largest absolute Gasteiger partial charge is 0.443 e. The molecular weight excluding hydrogens is 389 g/mol. The Balaban J connectivity index is 2.26. The van der Waals surface area contributed by atoms with Crippen molar-refractivity contribution in [2.75, 3.05) is 31.3 Å². The van der Waals surface area contributed by atoms with E-state index in [1.54, 1.807) is 0 Å². The third kappa shape index (κ3) is 5.97. The molecule has 0 bridgehead atoms. The fourth-order valence-corrected chi connectivity index (χ4v) is 2.71. The van der Waals surface area contributed by atoms with Gasteiger partial charge in [-0.15, -0.1) is 0 Å². The molecule has 2 aromatic rings. The zero-order chi connectivity index (χ0) is 18.4. The minimum atomic E-state index is -0.600. The Kier molecular flexibility index (Phi) is 6.79. The summed E-state index contributed by atoms with van der Waals surface area (Å²) in [6.45, 7) is 5.46. The normalized spacial score (nSPS) is 11.6. The number of carbonyl (C=O) groups is 1. The fraction of sp³-hybridized carbons (Fsp3) is 0.421. The average Bonchev–Trinajstić information content (AvgIpc) is 2.53. The average molecular weight is 412 g/mol. The van der Waals surface area contributed by atoms with Crippen LogP contribution in [0.2, 0.25) is 0 Å². The maximum Gasteiger partial charge on any atom is 0.414 e. The first kappa shape index (κ1) is 19.7. The summed E-state index contributed by atoms with van der Waals surface area (Å²) in [5, 5.41) is 2.08. The summed E-state index contributed by atoms with van der Waals surface area (Å²) in [6.07, 6.45) is -0.451. The van der Waals surface area contributed by atoms with Crippen molar-refractivity contribution in [1.29, 1.82) is 0 Å². The van der Waals surface area contributed by atoms with Crippen molar-refractivity contribution < 1.29 is 18.7 Å². The van der Waals surface area contributed by atoms with E-state index in [9.17, 15) is 9.18 Å². The van der Waals surface area contributed by atoms with E-state index in [1.807, 2.05) is 57.2 Å². The first-order valence-electron chi connectivity index (χ1n) is 8.14. The summed E-state index contributed by atoms with van der Waals surface area (Å²) >= 11 is 3.45. The highest BCUT2D eigenvalue weighted by Gasteiger charge is 2.23. The Morgan fingerprint density at radius 3 is 2.48 bits per heavy atom. The lowest BCUT2D eigenvalue weighted by Crippen LogP contribution is -2.39. The molecule has 25 heavy (non-hydrogen) atoms. The van der Waals surface area contributed by atoms with E-state index in [0.29, 0.717) is 5.69 Å². The third-order valence-corrected chi connectivity index (χ3v) is 3.89. The second-order valence-corrected chi connectivity index (χ2v) is 7.52. The highest BCUT2D eigenvalue weighted by molar-refractivity contribution is 9.10. The van der Waals surface area contributed by atoms with Crippen LogP contribution >= 0.6 is 15.9 Å². The Hall–Kier alpha value is -1.66. The number of ether oxygens (including phenoxy) is 2. The lowest BCUT2D eigenvalue weighted by molar-refractivity contribution is 0.0558. The lowest BCUT2D eigenvalue weighted by Gasteiger charge is -2.27. The molecule has 0 aliphatic carbocycles. The Morgan fingerprint density at radius 1 is 1.12 bits per heavy atom. The summed E-state index contributed by atoms with van der Waals surface area (Å²) in [7, 11) is 0. The van der Waals surface area contributed by atoms with Gasteiger partial charge in [-0.25, -0.2) is 9.18 Å². The molecule has 0 heterocycles. The summed E-state index contributed by atoms with van der Waals surface area (Å²) < 4.78 is 23.9. The fourth-order valence-electron chi connectivity index (χ4n) is 2.33. The minimum absolute atomic E-state index is 0.0217. The minimum Gasteiger partial charge on any atom is -0.443 e. The Labute approximate surface area is 156 Å². The molecule has 0 aliphatic rings. The number of rotatable bonds is 6. The predicted molar refractivity (Wildman–Crippen MR) is 102 cm³/mol. The smallest absolute Gasteiger partial charge is 0.414 e. The monoisotopic (exact) mass is 411 g/mol. The molecule has 0 fully saturated rings. The number of fused-ring (bicyclic) bond motifs is 1. The molecule has 0 aromatic heterocycles. The van der Waals surface area contributed by atoms with E-state index in [4.69, 9.17) is 9.47 Å². The van der Waals surface area contributed by atoms with Gasteiger partial charge in [0, 0.05) is 10.2 Å². The molecule has 0 N–H and O–H groups in total. The highest BCUT2D eigenvalue weighted by Crippen LogP contribution is 2.26. The van der Waals surface area contributed by atoms with Crippen molar-refractivity contribution in [3.63, 3.8) is 0 Å². The molecule has 0 spiro atoms. The van der Waals surface area contributed by atoms with Crippen LogP contribution in [0.5, 0.6) is 0 Å². The highest BCUT2D eigenvalue weighted by atomic mass is 79.9. The number of amides is 1. The van der Waals surface area contributed by atoms with Crippen LogP contribution in [0.3, 0.4) is 0 Å². The summed E-state index contributed by atoms with van der Waals surface area (Å²) in [6, 6.07) is 11.7. The van der Waals surface area contributed by atoms with Gasteiger partial charge in [0.05, 0.1) is 19.8 Å². The molecule has 6 heteroatoms. The van der Waals surface area contributed by atoms with Gasteiger partial charge in [0.2, 0.25) is 0 Å².